The van der Waals surface area contributed by atoms with Gasteiger partial charge in [-0.2, -0.15) is 17.6 Å². The summed E-state index contributed by atoms with van der Waals surface area (Å²) in [5.74, 6) is -7.89. The molecule has 0 spiro atoms. The van der Waals surface area contributed by atoms with Gasteiger partial charge in [-0.15, -0.1) is 12.8 Å². The van der Waals surface area contributed by atoms with E-state index in [0.717, 1.165) is 0 Å². The van der Waals surface area contributed by atoms with Crippen LogP contribution in [-0.2, 0) is 0 Å². The Kier molecular flexibility index (Phi) is 1.97. The van der Waals surface area contributed by atoms with Crippen LogP contribution in [0.5, 0.6) is 0 Å². The first-order valence-corrected chi connectivity index (χ1v) is 2.08. The van der Waals surface area contributed by atoms with Gasteiger partial charge in [0, 0.05) is 0 Å². The Bertz CT molecular complexity index is 179. The van der Waals surface area contributed by atoms with Crippen LogP contribution in [-0.4, -0.2) is 11.8 Å². The van der Waals surface area contributed by atoms with Crippen molar-refractivity contribution in [2.24, 2.45) is 0 Å². The third-order valence-corrected chi connectivity index (χ3v) is 0.757. The van der Waals surface area contributed by atoms with Crippen molar-refractivity contribution in [3.63, 3.8) is 0 Å². The van der Waals surface area contributed by atoms with E-state index in [2.05, 4.69) is 12.8 Å². The van der Waals surface area contributed by atoms with E-state index in [4.69, 9.17) is 0 Å². The van der Waals surface area contributed by atoms with Crippen molar-refractivity contribution in [1.29, 1.82) is 0 Å². The number of hydrogen-bond donors (Lipinski definition) is 0. The van der Waals surface area contributed by atoms with Gasteiger partial charge in [-0.05, 0) is 11.8 Å². The van der Waals surface area contributed by atoms with Gasteiger partial charge in [0.25, 0.3) is 0 Å². The molecule has 0 amide bonds. The maximum absolute atomic E-state index is 11.8. The van der Waals surface area contributed by atoms with Crippen LogP contribution in [0.1, 0.15) is 0 Å². The Balaban J connectivity index is 4.71. The molecule has 0 aromatic carbocycles. The van der Waals surface area contributed by atoms with Crippen molar-refractivity contribution >= 4 is 0 Å². The SMILES string of the molecule is C#CC(F)(F)C(F)(F)C#C. The molecule has 0 atom stereocenters. The standard InChI is InChI=1S/C6H2F4/c1-3-5(7,8)6(9,10)4-2/h1-2H. The highest BCUT2D eigenvalue weighted by atomic mass is 19.3. The van der Waals surface area contributed by atoms with Gasteiger partial charge >= 0.3 is 11.8 Å². The zero-order chi connectivity index (χ0) is 8.41. The summed E-state index contributed by atoms with van der Waals surface area (Å²) in [4.78, 5) is 0. The predicted molar refractivity (Wildman–Crippen MR) is 27.6 cm³/mol. The summed E-state index contributed by atoms with van der Waals surface area (Å²) in [6.45, 7) is 0. The Morgan fingerprint density at radius 1 is 0.800 bits per heavy atom. The summed E-state index contributed by atoms with van der Waals surface area (Å²) in [5.41, 5.74) is 0. The summed E-state index contributed by atoms with van der Waals surface area (Å²) in [5, 5.41) is 0. The second-order valence-electron chi connectivity index (χ2n) is 1.44. The summed E-state index contributed by atoms with van der Waals surface area (Å²) >= 11 is 0. The number of terminal acetylenes is 2. The van der Waals surface area contributed by atoms with E-state index >= 15 is 0 Å². The molecule has 4 heteroatoms. The van der Waals surface area contributed by atoms with Crippen LogP contribution in [0.2, 0.25) is 0 Å². The minimum atomic E-state index is -4.55. The van der Waals surface area contributed by atoms with Crippen molar-refractivity contribution in [3.05, 3.63) is 0 Å². The average Bonchev–Trinajstić information content (AvgIpc) is 1.88. The first-order chi connectivity index (χ1) is 4.37. The fourth-order valence-corrected chi connectivity index (χ4v) is 0.181. The molecule has 0 aromatic rings. The number of alkyl halides is 4. The molecule has 0 aliphatic heterocycles. The maximum Gasteiger partial charge on any atom is 0.381 e. The number of rotatable bonds is 1. The van der Waals surface area contributed by atoms with Crippen LogP contribution < -0.4 is 0 Å². The highest BCUT2D eigenvalue weighted by molar-refractivity contribution is 5.19. The summed E-state index contributed by atoms with van der Waals surface area (Å²) in [6, 6.07) is 0. The second kappa shape index (κ2) is 2.22. The van der Waals surface area contributed by atoms with Crippen LogP contribution in [0.25, 0.3) is 0 Å². The fraction of sp³-hybridized carbons (Fsp3) is 0.333. The van der Waals surface area contributed by atoms with Gasteiger partial charge in [-0.1, -0.05) is 0 Å². The van der Waals surface area contributed by atoms with Crippen LogP contribution in [0.3, 0.4) is 0 Å². The summed E-state index contributed by atoms with van der Waals surface area (Å²) in [7, 11) is 0. The normalized spacial score (nSPS) is 11.8. The Morgan fingerprint density at radius 3 is 1.10 bits per heavy atom. The minimum absolute atomic E-state index is 0.607. The Morgan fingerprint density at radius 2 is 1.00 bits per heavy atom. The van der Waals surface area contributed by atoms with Crippen LogP contribution in [0.15, 0.2) is 0 Å². The van der Waals surface area contributed by atoms with E-state index in [1.807, 2.05) is 0 Å². The molecule has 0 aliphatic carbocycles. The van der Waals surface area contributed by atoms with Crippen molar-refractivity contribution < 1.29 is 17.6 Å². The number of hydrogen-bond acceptors (Lipinski definition) is 0. The first kappa shape index (κ1) is 8.84. The lowest BCUT2D eigenvalue weighted by Crippen LogP contribution is -2.37. The maximum atomic E-state index is 11.8. The van der Waals surface area contributed by atoms with Gasteiger partial charge in [-0.25, -0.2) is 0 Å². The third-order valence-electron chi connectivity index (χ3n) is 0.757. The molecule has 54 valence electrons. The van der Waals surface area contributed by atoms with E-state index in [1.165, 1.54) is 0 Å². The topological polar surface area (TPSA) is 0 Å². The second-order valence-corrected chi connectivity index (χ2v) is 1.44. The smallest absolute Gasteiger partial charge is 0.184 e. The van der Waals surface area contributed by atoms with Gasteiger partial charge in [-0.3, -0.25) is 0 Å². The van der Waals surface area contributed by atoms with Gasteiger partial charge in [0.2, 0.25) is 0 Å². The molecule has 0 aromatic heterocycles. The Labute approximate surface area is 55.2 Å². The van der Waals surface area contributed by atoms with Gasteiger partial charge in [0.15, 0.2) is 0 Å². The van der Waals surface area contributed by atoms with Crippen molar-refractivity contribution in [2.45, 2.75) is 11.8 Å². The molecule has 0 aliphatic rings. The van der Waals surface area contributed by atoms with Crippen molar-refractivity contribution in [3.8, 4) is 24.7 Å². The molecule has 0 bridgehead atoms. The molecular formula is C6H2F4. The van der Waals surface area contributed by atoms with Crippen LogP contribution in [0.4, 0.5) is 17.6 Å². The Hall–Kier alpha value is -1.16. The van der Waals surface area contributed by atoms with E-state index in [-0.39, 0.29) is 0 Å². The molecule has 0 nitrogen and oxygen atoms in total. The van der Waals surface area contributed by atoms with E-state index in [1.54, 1.807) is 0 Å². The molecule has 10 heavy (non-hydrogen) atoms. The minimum Gasteiger partial charge on any atom is -0.184 e. The molecule has 0 saturated heterocycles. The zero-order valence-corrected chi connectivity index (χ0v) is 4.67. The molecule has 0 rings (SSSR count). The predicted octanol–water partition coefficient (Wildman–Crippen LogP) is 1.52. The quantitative estimate of drug-likeness (QED) is 0.392. The van der Waals surface area contributed by atoms with Gasteiger partial charge in [0.05, 0.1) is 0 Å². The number of halogens is 4. The average molecular weight is 150 g/mol. The van der Waals surface area contributed by atoms with E-state index in [0.29, 0.717) is 11.8 Å². The first-order valence-electron chi connectivity index (χ1n) is 2.08. The molecule has 0 fully saturated rings. The summed E-state index contributed by atoms with van der Waals surface area (Å²) < 4.78 is 47.2. The van der Waals surface area contributed by atoms with Gasteiger partial charge in [0.1, 0.15) is 0 Å². The molecule has 0 saturated carbocycles. The fourth-order valence-electron chi connectivity index (χ4n) is 0.181. The highest BCUT2D eigenvalue weighted by Gasteiger charge is 2.53. The van der Waals surface area contributed by atoms with E-state index < -0.39 is 11.8 Å². The van der Waals surface area contributed by atoms with Crippen LogP contribution in [0, 0.1) is 24.7 Å². The van der Waals surface area contributed by atoms with Crippen molar-refractivity contribution in [1.82, 2.24) is 0 Å². The lowest BCUT2D eigenvalue weighted by molar-refractivity contribution is -0.133. The highest BCUT2D eigenvalue weighted by Crippen LogP contribution is 2.32. The molecule has 0 unspecified atom stereocenters. The monoisotopic (exact) mass is 150 g/mol. The lowest BCUT2D eigenvalue weighted by atomic mass is 10.2. The third kappa shape index (κ3) is 1.22. The molecule has 0 heterocycles. The zero-order valence-electron chi connectivity index (χ0n) is 4.67. The molecule has 0 N–H and O–H groups in total. The van der Waals surface area contributed by atoms with Crippen LogP contribution >= 0.6 is 0 Å². The van der Waals surface area contributed by atoms with Crippen molar-refractivity contribution in [2.75, 3.05) is 0 Å². The molecule has 0 radical (unpaired) electrons. The lowest BCUT2D eigenvalue weighted by Gasteiger charge is -2.15. The van der Waals surface area contributed by atoms with Gasteiger partial charge < -0.3 is 0 Å². The summed E-state index contributed by atoms with van der Waals surface area (Å²) in [6.07, 6.45) is 8.18. The largest absolute Gasteiger partial charge is 0.381 e. The molecular weight excluding hydrogens is 148 g/mol. The van der Waals surface area contributed by atoms with E-state index in [9.17, 15) is 17.6 Å².